The number of urea groups is 1. The third kappa shape index (κ3) is 2.23. The van der Waals surface area contributed by atoms with Crippen molar-refractivity contribution in [1.82, 2.24) is 14.7 Å². The number of carbonyl (C=O) groups is 1. The zero-order valence-corrected chi connectivity index (χ0v) is 13.1. The molecule has 1 N–H and O–H groups in total. The number of rotatable bonds is 2. The summed E-state index contributed by atoms with van der Waals surface area (Å²) in [5.74, 6) is 0.427. The second-order valence-electron chi connectivity index (χ2n) is 6.20. The molecule has 0 aliphatic carbocycles. The fourth-order valence-corrected chi connectivity index (χ4v) is 3.34. The molecule has 2 amide bonds. The first-order valence-corrected chi connectivity index (χ1v) is 7.63. The molecular formula is C16H18FN5O. The lowest BCUT2D eigenvalue weighted by Crippen LogP contribution is -2.62. The summed E-state index contributed by atoms with van der Waals surface area (Å²) in [4.78, 5) is 16.0. The molecule has 2 aliphatic heterocycles. The van der Waals surface area contributed by atoms with Crippen molar-refractivity contribution < 1.29 is 9.18 Å². The van der Waals surface area contributed by atoms with Gasteiger partial charge in [0.05, 0.1) is 18.3 Å². The highest BCUT2D eigenvalue weighted by Gasteiger charge is 2.38. The van der Waals surface area contributed by atoms with Gasteiger partial charge >= 0.3 is 6.03 Å². The van der Waals surface area contributed by atoms with E-state index in [1.807, 2.05) is 31.1 Å². The van der Waals surface area contributed by atoms with Gasteiger partial charge in [-0.05, 0) is 18.6 Å². The predicted octanol–water partition coefficient (Wildman–Crippen LogP) is 2.10. The third-order valence-electron chi connectivity index (χ3n) is 4.54. The maximum Gasteiger partial charge on any atom is 0.323 e. The number of carbonyl (C=O) groups excluding carboxylic acids is 1. The molecule has 1 aromatic carbocycles. The van der Waals surface area contributed by atoms with Crippen LogP contribution in [0, 0.1) is 12.7 Å². The molecule has 0 spiro atoms. The molecule has 2 aromatic rings. The molecule has 3 heterocycles. The molecule has 0 radical (unpaired) electrons. The minimum absolute atomic E-state index is 0.0855. The van der Waals surface area contributed by atoms with Crippen LogP contribution >= 0.6 is 0 Å². The number of aryl methyl sites for hydroxylation is 2. The number of amides is 2. The SMILES string of the molecule is Cc1cccc(F)c1N1CC(N2Cc3cn(C)nc3NC2=O)C1. The van der Waals surface area contributed by atoms with Gasteiger partial charge in [0, 0.05) is 31.9 Å². The summed E-state index contributed by atoms with van der Waals surface area (Å²) in [5.41, 5.74) is 2.57. The first-order chi connectivity index (χ1) is 11.0. The Balaban J connectivity index is 1.49. The van der Waals surface area contributed by atoms with Crippen molar-refractivity contribution in [1.29, 1.82) is 0 Å². The van der Waals surface area contributed by atoms with Crippen molar-refractivity contribution in [3.05, 3.63) is 41.3 Å². The van der Waals surface area contributed by atoms with Gasteiger partial charge < -0.3 is 9.80 Å². The molecule has 0 atom stereocenters. The molecule has 4 rings (SSSR count). The van der Waals surface area contributed by atoms with Gasteiger partial charge in [-0.2, -0.15) is 5.10 Å². The fourth-order valence-electron chi connectivity index (χ4n) is 3.34. The molecule has 7 heteroatoms. The number of fused-ring (bicyclic) bond motifs is 1. The van der Waals surface area contributed by atoms with Crippen LogP contribution in [0.25, 0.3) is 0 Å². The lowest BCUT2D eigenvalue weighted by molar-refractivity contribution is 0.165. The van der Waals surface area contributed by atoms with Crippen molar-refractivity contribution in [2.75, 3.05) is 23.3 Å². The van der Waals surface area contributed by atoms with Gasteiger partial charge in [-0.3, -0.25) is 10.00 Å². The van der Waals surface area contributed by atoms with E-state index >= 15 is 0 Å². The number of nitrogens with one attached hydrogen (secondary N) is 1. The number of aromatic nitrogens is 2. The summed E-state index contributed by atoms with van der Waals surface area (Å²) in [7, 11) is 1.83. The summed E-state index contributed by atoms with van der Waals surface area (Å²) < 4.78 is 15.7. The van der Waals surface area contributed by atoms with Crippen LogP contribution in [0.4, 0.5) is 20.7 Å². The Morgan fingerprint density at radius 2 is 2.13 bits per heavy atom. The van der Waals surface area contributed by atoms with E-state index in [9.17, 15) is 9.18 Å². The van der Waals surface area contributed by atoms with Gasteiger partial charge in [-0.1, -0.05) is 12.1 Å². The van der Waals surface area contributed by atoms with Crippen molar-refractivity contribution >= 4 is 17.5 Å². The molecule has 1 fully saturated rings. The maximum atomic E-state index is 14.0. The van der Waals surface area contributed by atoms with E-state index in [0.717, 1.165) is 11.1 Å². The van der Waals surface area contributed by atoms with Crippen LogP contribution in [0.3, 0.4) is 0 Å². The van der Waals surface area contributed by atoms with E-state index in [2.05, 4.69) is 10.4 Å². The number of nitrogens with zero attached hydrogens (tertiary/aromatic N) is 4. The van der Waals surface area contributed by atoms with E-state index < -0.39 is 0 Å². The Morgan fingerprint density at radius 1 is 1.35 bits per heavy atom. The van der Waals surface area contributed by atoms with Gasteiger partial charge in [0.15, 0.2) is 5.82 Å². The highest BCUT2D eigenvalue weighted by atomic mass is 19.1. The molecule has 120 valence electrons. The predicted molar refractivity (Wildman–Crippen MR) is 84.9 cm³/mol. The van der Waals surface area contributed by atoms with Gasteiger partial charge in [0.1, 0.15) is 5.82 Å². The summed E-state index contributed by atoms with van der Waals surface area (Å²) >= 11 is 0. The van der Waals surface area contributed by atoms with Gasteiger partial charge in [-0.25, -0.2) is 9.18 Å². The van der Waals surface area contributed by atoms with Gasteiger partial charge in [0.25, 0.3) is 0 Å². The molecule has 1 saturated heterocycles. The summed E-state index contributed by atoms with van der Waals surface area (Å²) in [6.07, 6.45) is 1.92. The molecule has 2 aliphatic rings. The number of benzene rings is 1. The minimum atomic E-state index is -0.207. The highest BCUT2D eigenvalue weighted by molar-refractivity contribution is 5.91. The monoisotopic (exact) mass is 315 g/mol. The molecular weight excluding hydrogens is 297 g/mol. The average molecular weight is 315 g/mol. The second-order valence-corrected chi connectivity index (χ2v) is 6.20. The van der Waals surface area contributed by atoms with E-state index in [1.54, 1.807) is 15.6 Å². The molecule has 23 heavy (non-hydrogen) atoms. The van der Waals surface area contributed by atoms with Crippen molar-refractivity contribution in [3.63, 3.8) is 0 Å². The van der Waals surface area contributed by atoms with Crippen molar-refractivity contribution in [3.8, 4) is 0 Å². The van der Waals surface area contributed by atoms with E-state index in [-0.39, 0.29) is 17.9 Å². The van der Waals surface area contributed by atoms with Crippen molar-refractivity contribution in [2.24, 2.45) is 7.05 Å². The third-order valence-corrected chi connectivity index (χ3v) is 4.54. The molecule has 1 aromatic heterocycles. The van der Waals surface area contributed by atoms with Crippen LogP contribution in [-0.4, -0.2) is 39.8 Å². The Morgan fingerprint density at radius 3 is 2.87 bits per heavy atom. The van der Waals surface area contributed by atoms with Crippen LogP contribution in [0.2, 0.25) is 0 Å². The number of anilines is 2. The Hall–Kier alpha value is -2.57. The second kappa shape index (κ2) is 4.97. The topological polar surface area (TPSA) is 53.4 Å². The van der Waals surface area contributed by atoms with Crippen LogP contribution in [0.15, 0.2) is 24.4 Å². The molecule has 0 saturated carbocycles. The minimum Gasteiger partial charge on any atom is -0.365 e. The number of hydrogen-bond acceptors (Lipinski definition) is 3. The summed E-state index contributed by atoms with van der Waals surface area (Å²) in [5, 5.41) is 7.04. The number of halogens is 1. The lowest BCUT2D eigenvalue weighted by atomic mass is 10.0. The fraction of sp³-hybridized carbons (Fsp3) is 0.375. The quantitative estimate of drug-likeness (QED) is 0.923. The lowest BCUT2D eigenvalue weighted by Gasteiger charge is -2.47. The van der Waals surface area contributed by atoms with Crippen molar-refractivity contribution in [2.45, 2.75) is 19.5 Å². The largest absolute Gasteiger partial charge is 0.365 e. The van der Waals surface area contributed by atoms with Crippen LogP contribution in [-0.2, 0) is 13.6 Å². The van der Waals surface area contributed by atoms with Gasteiger partial charge in [0.2, 0.25) is 0 Å². The zero-order chi connectivity index (χ0) is 16.1. The standard InChI is InChI=1S/C16H18FN5O/c1-10-4-3-5-13(17)14(10)21-8-12(9-21)22-7-11-6-20(2)19-15(11)18-16(22)23/h3-6,12H,7-9H2,1-2H3,(H,18,19,23). The number of hydrogen-bond donors (Lipinski definition) is 1. The molecule has 0 unspecified atom stereocenters. The summed E-state index contributed by atoms with van der Waals surface area (Å²) in [6, 6.07) is 5.05. The van der Waals surface area contributed by atoms with Crippen LogP contribution in [0.5, 0.6) is 0 Å². The van der Waals surface area contributed by atoms with Crippen LogP contribution in [0.1, 0.15) is 11.1 Å². The Bertz CT molecular complexity index is 761. The molecule has 0 bridgehead atoms. The van der Waals surface area contributed by atoms with E-state index in [4.69, 9.17) is 0 Å². The zero-order valence-electron chi connectivity index (χ0n) is 13.1. The molecule has 6 nitrogen and oxygen atoms in total. The van der Waals surface area contributed by atoms with Crippen LogP contribution < -0.4 is 10.2 Å². The van der Waals surface area contributed by atoms with E-state index in [1.165, 1.54) is 6.07 Å². The highest BCUT2D eigenvalue weighted by Crippen LogP contribution is 2.32. The average Bonchev–Trinajstić information content (AvgIpc) is 2.79. The Labute approximate surface area is 133 Å². The van der Waals surface area contributed by atoms with Gasteiger partial charge in [-0.15, -0.1) is 0 Å². The summed E-state index contributed by atoms with van der Waals surface area (Å²) in [6.45, 7) is 3.74. The normalized spacial score (nSPS) is 17.8. The van der Waals surface area contributed by atoms with E-state index in [0.29, 0.717) is 31.1 Å². The first-order valence-electron chi connectivity index (χ1n) is 7.63. The Kier molecular flexibility index (Phi) is 3.04. The number of para-hydroxylation sites is 1. The first kappa shape index (κ1) is 14.0. The smallest absolute Gasteiger partial charge is 0.323 e. The maximum absolute atomic E-state index is 14.0.